The van der Waals surface area contributed by atoms with Crippen molar-refractivity contribution in [2.24, 2.45) is 0 Å². The maximum atomic E-state index is 12.3. The van der Waals surface area contributed by atoms with E-state index in [-0.39, 0.29) is 22.8 Å². The molecule has 0 radical (unpaired) electrons. The van der Waals surface area contributed by atoms with E-state index >= 15 is 0 Å². The van der Waals surface area contributed by atoms with E-state index in [1.54, 1.807) is 0 Å². The van der Waals surface area contributed by atoms with Crippen LogP contribution in [0.1, 0.15) is 10.4 Å². The third-order valence-corrected chi connectivity index (χ3v) is 4.19. The number of halogens is 2. The predicted molar refractivity (Wildman–Crippen MR) is 90.5 cm³/mol. The van der Waals surface area contributed by atoms with Crippen LogP contribution in [0.25, 0.3) is 11.1 Å². The number of rotatable bonds is 4. The molecule has 2 aromatic carbocycles. The Morgan fingerprint density at radius 2 is 1.39 bits per heavy atom. The fraction of sp³-hybridized carbons (Fsp3) is 0.0526. The Bertz CT molecular complexity index is 786. The molecule has 2 nitrogen and oxygen atoms in total. The van der Waals surface area contributed by atoms with Gasteiger partial charge in [-0.25, -0.2) is 0 Å². The van der Waals surface area contributed by atoms with Gasteiger partial charge in [0.15, 0.2) is 12.4 Å². The van der Waals surface area contributed by atoms with Crippen LogP contribution in [0.5, 0.6) is 0 Å². The third kappa shape index (κ3) is 4.36. The summed E-state index contributed by atoms with van der Waals surface area (Å²) in [6.45, 7) is 0.331. The second-order valence-corrected chi connectivity index (χ2v) is 5.88. The zero-order valence-electron chi connectivity index (χ0n) is 12.3. The minimum Gasteiger partial charge on any atom is -1.00 e. The second-order valence-electron chi connectivity index (χ2n) is 5.03. The van der Waals surface area contributed by atoms with Gasteiger partial charge in [-0.3, -0.25) is 4.79 Å². The molecule has 0 unspecified atom stereocenters. The number of aromatic nitrogens is 1. The zero-order valence-corrected chi connectivity index (χ0v) is 15.5. The van der Waals surface area contributed by atoms with Crippen molar-refractivity contribution in [2.75, 3.05) is 0 Å². The summed E-state index contributed by atoms with van der Waals surface area (Å²) in [4.78, 5) is 12.3. The molecule has 3 aromatic rings. The van der Waals surface area contributed by atoms with Crippen LogP contribution in [-0.4, -0.2) is 5.78 Å². The van der Waals surface area contributed by atoms with E-state index in [0.29, 0.717) is 12.1 Å². The van der Waals surface area contributed by atoms with Gasteiger partial charge in [0, 0.05) is 22.2 Å². The molecule has 1 aromatic heterocycles. The largest absolute Gasteiger partial charge is 1.00 e. The topological polar surface area (TPSA) is 20.9 Å². The molecule has 0 fully saturated rings. The molecule has 1 heterocycles. The molecule has 0 atom stereocenters. The maximum Gasteiger partial charge on any atom is 0.228 e. The summed E-state index contributed by atoms with van der Waals surface area (Å²) in [5.74, 6) is 0.0879. The SMILES string of the molecule is O=C(C[n+]1ccc(-c2ccccc2)cc1)c1ccccc1Br.[Br-]. The molecule has 4 heteroatoms. The number of nitrogens with zero attached hydrogens (tertiary/aromatic N) is 1. The summed E-state index contributed by atoms with van der Waals surface area (Å²) in [6.07, 6.45) is 3.88. The van der Waals surface area contributed by atoms with Gasteiger partial charge >= 0.3 is 0 Å². The minimum atomic E-state index is 0. The third-order valence-electron chi connectivity index (χ3n) is 3.50. The van der Waals surface area contributed by atoms with Crippen molar-refractivity contribution < 1.29 is 26.3 Å². The number of hydrogen-bond acceptors (Lipinski definition) is 1. The van der Waals surface area contributed by atoms with Gasteiger partial charge in [0.2, 0.25) is 12.3 Å². The van der Waals surface area contributed by atoms with Crippen molar-refractivity contribution >= 4 is 21.7 Å². The van der Waals surface area contributed by atoms with Gasteiger partial charge in [-0.1, -0.05) is 64.5 Å². The monoisotopic (exact) mass is 431 g/mol. The molecule has 3 rings (SSSR count). The number of carbonyl (C=O) groups excluding carboxylic acids is 1. The highest BCUT2D eigenvalue weighted by Crippen LogP contribution is 2.18. The number of pyridine rings is 1. The van der Waals surface area contributed by atoms with Gasteiger partial charge in [0.25, 0.3) is 0 Å². The van der Waals surface area contributed by atoms with Crippen LogP contribution in [0.4, 0.5) is 0 Å². The van der Waals surface area contributed by atoms with Crippen LogP contribution in [0.3, 0.4) is 0 Å². The van der Waals surface area contributed by atoms with Crippen molar-refractivity contribution in [1.29, 1.82) is 0 Å². The lowest BCUT2D eigenvalue weighted by Crippen LogP contribution is -3.00. The molecular formula is C19H15Br2NO. The van der Waals surface area contributed by atoms with E-state index in [2.05, 4.69) is 28.1 Å². The number of hydrogen-bond donors (Lipinski definition) is 0. The molecule has 116 valence electrons. The second kappa shape index (κ2) is 8.18. The Hall–Kier alpha value is -1.78. The highest BCUT2D eigenvalue weighted by atomic mass is 79.9. The predicted octanol–water partition coefficient (Wildman–Crippen LogP) is 1.29. The molecule has 23 heavy (non-hydrogen) atoms. The molecule has 0 saturated carbocycles. The molecule has 0 N–H and O–H groups in total. The minimum absolute atomic E-state index is 0. The van der Waals surface area contributed by atoms with E-state index in [4.69, 9.17) is 0 Å². The average molecular weight is 433 g/mol. The number of benzene rings is 2. The van der Waals surface area contributed by atoms with E-state index < -0.39 is 0 Å². The Labute approximate surface area is 154 Å². The average Bonchev–Trinajstić information content (AvgIpc) is 2.57. The summed E-state index contributed by atoms with van der Waals surface area (Å²) in [5, 5.41) is 0. The van der Waals surface area contributed by atoms with Crippen molar-refractivity contribution in [3.05, 3.63) is 89.2 Å². The summed E-state index contributed by atoms with van der Waals surface area (Å²) in [5.41, 5.74) is 3.03. The van der Waals surface area contributed by atoms with Gasteiger partial charge in [0.1, 0.15) is 0 Å². The molecule has 0 aliphatic heterocycles. The molecule has 0 saturated heterocycles. The van der Waals surface area contributed by atoms with Crippen LogP contribution in [-0.2, 0) is 6.54 Å². The lowest BCUT2D eigenvalue weighted by molar-refractivity contribution is -0.683. The number of ketones is 1. The van der Waals surface area contributed by atoms with Crippen LogP contribution in [0.15, 0.2) is 83.6 Å². The summed E-state index contributed by atoms with van der Waals surface area (Å²) < 4.78 is 2.73. The molecule has 0 amide bonds. The van der Waals surface area contributed by atoms with E-state index in [1.807, 2.05) is 71.6 Å². The summed E-state index contributed by atoms with van der Waals surface area (Å²) in [6, 6.07) is 21.8. The van der Waals surface area contributed by atoms with Crippen molar-refractivity contribution in [2.45, 2.75) is 6.54 Å². The Morgan fingerprint density at radius 3 is 2.04 bits per heavy atom. The number of Topliss-reactive ketones (excluding diaryl/α,β-unsaturated/α-hetero) is 1. The Kier molecular flexibility index (Phi) is 6.25. The van der Waals surface area contributed by atoms with Crippen LogP contribution < -0.4 is 21.5 Å². The summed E-state index contributed by atoms with van der Waals surface area (Å²) >= 11 is 3.42. The van der Waals surface area contributed by atoms with Crippen molar-refractivity contribution in [3.63, 3.8) is 0 Å². The fourth-order valence-corrected chi connectivity index (χ4v) is 2.83. The Morgan fingerprint density at radius 1 is 0.826 bits per heavy atom. The van der Waals surface area contributed by atoms with E-state index in [9.17, 15) is 4.79 Å². The first-order chi connectivity index (χ1) is 10.7. The normalized spacial score (nSPS) is 9.96. The smallest absolute Gasteiger partial charge is 0.228 e. The molecule has 0 aliphatic carbocycles. The van der Waals surface area contributed by atoms with E-state index in [0.717, 1.165) is 10.0 Å². The van der Waals surface area contributed by atoms with Crippen molar-refractivity contribution in [1.82, 2.24) is 0 Å². The Balaban J connectivity index is 0.00000192. The highest BCUT2D eigenvalue weighted by Gasteiger charge is 2.14. The lowest BCUT2D eigenvalue weighted by Gasteiger charge is -2.02. The van der Waals surface area contributed by atoms with Crippen molar-refractivity contribution in [3.8, 4) is 11.1 Å². The highest BCUT2D eigenvalue weighted by molar-refractivity contribution is 9.10. The lowest BCUT2D eigenvalue weighted by atomic mass is 10.1. The van der Waals surface area contributed by atoms with E-state index in [1.165, 1.54) is 5.56 Å². The van der Waals surface area contributed by atoms with Gasteiger partial charge in [-0.15, -0.1) is 0 Å². The first-order valence-electron chi connectivity index (χ1n) is 7.06. The van der Waals surface area contributed by atoms with Gasteiger partial charge < -0.3 is 17.0 Å². The van der Waals surface area contributed by atoms with Crippen LogP contribution in [0, 0.1) is 0 Å². The first kappa shape index (κ1) is 17.6. The van der Waals surface area contributed by atoms with Gasteiger partial charge in [-0.2, -0.15) is 4.57 Å². The van der Waals surface area contributed by atoms with Gasteiger partial charge in [0.05, 0.1) is 0 Å². The molecular weight excluding hydrogens is 418 g/mol. The van der Waals surface area contributed by atoms with Gasteiger partial charge in [-0.05, 0) is 17.2 Å². The molecule has 0 aliphatic rings. The van der Waals surface area contributed by atoms with Crippen LogP contribution in [0.2, 0.25) is 0 Å². The first-order valence-corrected chi connectivity index (χ1v) is 7.85. The molecule has 0 bridgehead atoms. The standard InChI is InChI=1S/C19H15BrNO.BrH/c20-18-9-5-4-8-17(18)19(22)14-21-12-10-16(11-13-21)15-6-2-1-3-7-15;/h1-13H,14H2;1H/q+1;/p-1. The zero-order chi connectivity index (χ0) is 15.4. The van der Waals surface area contributed by atoms with Crippen LogP contribution >= 0.6 is 15.9 Å². The molecule has 0 spiro atoms. The number of carbonyl (C=O) groups is 1. The fourth-order valence-electron chi connectivity index (χ4n) is 2.32. The summed E-state index contributed by atoms with van der Waals surface area (Å²) in [7, 11) is 0. The quantitative estimate of drug-likeness (QED) is 0.449. The maximum absolute atomic E-state index is 12.3.